The molecule has 42 heavy (non-hydrogen) atoms. The molecule has 2 atom stereocenters. The summed E-state index contributed by atoms with van der Waals surface area (Å²) in [4.78, 5) is 12.7. The summed E-state index contributed by atoms with van der Waals surface area (Å²) in [6.07, 6.45) is 3.40. The van der Waals surface area contributed by atoms with Gasteiger partial charge in [0.15, 0.2) is 17.4 Å². The number of halogens is 4. The average Bonchev–Trinajstić information content (AvgIpc) is 2.99. The van der Waals surface area contributed by atoms with Gasteiger partial charge in [-0.15, -0.1) is 0 Å². The highest BCUT2D eigenvalue weighted by Gasteiger charge is 2.26. The minimum atomic E-state index is -4.28. The lowest BCUT2D eigenvalue weighted by Gasteiger charge is -2.29. The number of piperidine rings is 1. The van der Waals surface area contributed by atoms with Crippen LogP contribution in [0.2, 0.25) is 0 Å². The zero-order valence-electron chi connectivity index (χ0n) is 22.0. The number of nitrogens with one attached hydrogen (secondary N) is 3. The van der Waals surface area contributed by atoms with Gasteiger partial charge in [-0.2, -0.15) is 4.39 Å². The number of hydrogen-bond acceptors (Lipinski definition) is 8. The molecule has 0 amide bonds. The van der Waals surface area contributed by atoms with Crippen LogP contribution in [0.4, 0.5) is 29.2 Å². The summed E-state index contributed by atoms with van der Waals surface area (Å²) in [5.41, 5.74) is -0.223. The highest BCUT2D eigenvalue weighted by atomic mass is 32.2. The Hall–Kier alpha value is -4.30. The van der Waals surface area contributed by atoms with Crippen LogP contribution in [0.15, 0.2) is 67.0 Å². The summed E-state index contributed by atoms with van der Waals surface area (Å²) in [7, 11) is -4.28. The van der Waals surface area contributed by atoms with E-state index in [1.807, 2.05) is 0 Å². The van der Waals surface area contributed by atoms with Gasteiger partial charge in [0.05, 0.1) is 23.7 Å². The lowest BCUT2D eigenvalue weighted by molar-refractivity contribution is 0.282. The number of nitrogens with zero attached hydrogens (tertiary/aromatic N) is 3. The maximum atomic E-state index is 15.1. The van der Waals surface area contributed by atoms with E-state index in [9.17, 15) is 21.6 Å². The average molecular weight is 603 g/mol. The maximum Gasteiger partial charge on any atom is 0.237 e. The second kappa shape index (κ2) is 12.7. The van der Waals surface area contributed by atoms with E-state index in [-0.39, 0.29) is 29.4 Å². The molecule has 1 saturated heterocycles. The van der Waals surface area contributed by atoms with Crippen LogP contribution in [-0.4, -0.2) is 49.2 Å². The molecule has 9 nitrogen and oxygen atoms in total. The first-order valence-corrected chi connectivity index (χ1v) is 14.6. The van der Waals surface area contributed by atoms with Crippen molar-refractivity contribution in [2.75, 3.05) is 29.8 Å². The normalized spacial score (nSPS) is 17.0. The Labute approximate surface area is 239 Å². The number of aromatic nitrogens is 3. The number of pyridine rings is 1. The summed E-state index contributed by atoms with van der Waals surface area (Å²) < 4.78 is 90.3. The molecule has 3 N–H and O–H groups in total. The van der Waals surface area contributed by atoms with Gasteiger partial charge in [0.2, 0.25) is 27.7 Å². The quantitative estimate of drug-likeness (QED) is 0.171. The molecule has 3 heterocycles. The number of rotatable bonds is 10. The van der Waals surface area contributed by atoms with Gasteiger partial charge in [-0.05, 0) is 30.2 Å². The molecule has 1 aliphatic rings. The molecule has 0 saturated carbocycles. The fourth-order valence-electron chi connectivity index (χ4n) is 4.52. The minimum Gasteiger partial charge on any atom is -0.435 e. The van der Waals surface area contributed by atoms with Crippen LogP contribution in [0, 0.1) is 23.4 Å². The van der Waals surface area contributed by atoms with Crippen molar-refractivity contribution in [3.05, 3.63) is 90.0 Å². The van der Waals surface area contributed by atoms with Crippen LogP contribution in [0.5, 0.6) is 11.6 Å². The van der Waals surface area contributed by atoms with E-state index in [0.29, 0.717) is 36.8 Å². The lowest BCUT2D eigenvalue weighted by Crippen LogP contribution is -2.44. The monoisotopic (exact) mass is 602 g/mol. The Morgan fingerprint density at radius 2 is 1.79 bits per heavy atom. The van der Waals surface area contributed by atoms with E-state index in [1.165, 1.54) is 24.5 Å². The summed E-state index contributed by atoms with van der Waals surface area (Å²) in [6, 6.07) is 13.1. The van der Waals surface area contributed by atoms with Crippen LogP contribution in [0.3, 0.4) is 0 Å². The van der Waals surface area contributed by atoms with Gasteiger partial charge in [0.1, 0.15) is 5.69 Å². The number of sulfonamides is 1. The van der Waals surface area contributed by atoms with Crippen molar-refractivity contribution in [3.63, 3.8) is 0 Å². The van der Waals surface area contributed by atoms with Crippen LogP contribution >= 0.6 is 0 Å². The predicted molar refractivity (Wildman–Crippen MR) is 149 cm³/mol. The summed E-state index contributed by atoms with van der Waals surface area (Å²) >= 11 is 0. The van der Waals surface area contributed by atoms with Gasteiger partial charge in [-0.1, -0.05) is 30.3 Å². The second-order valence-corrected chi connectivity index (χ2v) is 11.4. The number of hydrogen-bond donors (Lipinski definition) is 3. The molecule has 0 radical (unpaired) electrons. The zero-order valence-corrected chi connectivity index (χ0v) is 22.8. The third-order valence-electron chi connectivity index (χ3n) is 6.48. The molecule has 2 unspecified atom stereocenters. The van der Waals surface area contributed by atoms with Crippen molar-refractivity contribution in [2.24, 2.45) is 5.92 Å². The Balaban J connectivity index is 1.37. The molecular weight excluding hydrogens is 576 g/mol. The third kappa shape index (κ3) is 6.94. The first-order valence-electron chi connectivity index (χ1n) is 12.9. The molecule has 220 valence electrons. The second-order valence-electron chi connectivity index (χ2n) is 9.69. The minimum absolute atomic E-state index is 0.108. The number of benzene rings is 2. The maximum absolute atomic E-state index is 15.1. The van der Waals surface area contributed by atoms with Crippen LogP contribution in [0.25, 0.3) is 11.3 Å². The molecule has 2 aromatic heterocycles. The first kappa shape index (κ1) is 29.2. The van der Waals surface area contributed by atoms with E-state index in [4.69, 9.17) is 4.74 Å². The van der Waals surface area contributed by atoms with E-state index in [2.05, 4.69) is 25.6 Å². The van der Waals surface area contributed by atoms with Gasteiger partial charge in [-0.3, -0.25) is 9.11 Å². The van der Waals surface area contributed by atoms with Crippen LogP contribution in [-0.2, 0) is 15.8 Å². The first-order chi connectivity index (χ1) is 20.2. The largest absolute Gasteiger partial charge is 0.435 e. The number of alkyl halides is 1. The molecule has 0 bridgehead atoms. The van der Waals surface area contributed by atoms with E-state index in [0.717, 1.165) is 0 Å². The van der Waals surface area contributed by atoms with Crippen molar-refractivity contribution in [3.8, 4) is 22.9 Å². The zero-order chi connectivity index (χ0) is 29.7. The Bertz CT molecular complexity index is 1660. The Morgan fingerprint density at radius 3 is 2.57 bits per heavy atom. The number of ether oxygens (including phenoxy) is 1. The predicted octanol–water partition coefficient (Wildman–Crippen LogP) is 5.05. The van der Waals surface area contributed by atoms with Crippen LogP contribution in [0.1, 0.15) is 12.0 Å². The fourth-order valence-corrected chi connectivity index (χ4v) is 5.72. The topological polar surface area (TPSA) is 118 Å². The smallest absolute Gasteiger partial charge is 0.237 e. The summed E-state index contributed by atoms with van der Waals surface area (Å²) in [5, 5.41) is 6.32. The van der Waals surface area contributed by atoms with Crippen molar-refractivity contribution in [1.29, 1.82) is 0 Å². The van der Waals surface area contributed by atoms with Crippen molar-refractivity contribution < 1.29 is 30.7 Å². The fraction of sp³-hybridized carbons (Fsp3) is 0.250. The number of anilines is 2. The highest BCUT2D eigenvalue weighted by Crippen LogP contribution is 2.36. The summed E-state index contributed by atoms with van der Waals surface area (Å²) in [5.74, 6) is -6.30. The Morgan fingerprint density at radius 1 is 0.976 bits per heavy atom. The SMILES string of the molecule is O=S(=O)(Cc1ccccc1)Nc1c(F)cc(Oc2ncccc2-c2ccnc(NC3CNCC(CF)C3)n2)c(F)c1F. The van der Waals surface area contributed by atoms with Gasteiger partial charge in [0.25, 0.3) is 0 Å². The van der Waals surface area contributed by atoms with Crippen molar-refractivity contribution >= 4 is 21.7 Å². The lowest BCUT2D eigenvalue weighted by atomic mass is 9.97. The highest BCUT2D eigenvalue weighted by molar-refractivity contribution is 7.91. The van der Waals surface area contributed by atoms with Crippen molar-refractivity contribution in [1.82, 2.24) is 20.3 Å². The van der Waals surface area contributed by atoms with Gasteiger partial charge in [-0.25, -0.2) is 32.2 Å². The molecular formula is C28H26F4N6O3S. The van der Waals surface area contributed by atoms with Gasteiger partial charge in [0, 0.05) is 43.5 Å². The van der Waals surface area contributed by atoms with E-state index < -0.39 is 51.3 Å². The molecule has 4 aromatic rings. The molecule has 0 aliphatic carbocycles. The molecule has 0 spiro atoms. The van der Waals surface area contributed by atoms with Gasteiger partial charge < -0.3 is 15.4 Å². The standard InChI is InChI=1S/C28H26F4N6O3S/c29-13-18-11-19(15-33-14-18)36-28-35-10-8-22(37-28)20-7-4-9-34-27(20)41-23-12-21(30)26(25(32)24(23)31)38-42(39,40)16-17-5-2-1-3-6-17/h1-10,12,18-19,33,38H,11,13-16H2,(H,35,36,37). The molecule has 1 fully saturated rings. The third-order valence-corrected chi connectivity index (χ3v) is 7.71. The molecule has 2 aromatic carbocycles. The molecule has 5 rings (SSSR count). The van der Waals surface area contributed by atoms with Gasteiger partial charge >= 0.3 is 0 Å². The molecule has 14 heteroatoms. The van der Waals surface area contributed by atoms with Crippen LogP contribution < -0.4 is 20.1 Å². The Kier molecular flexibility index (Phi) is 8.83. The van der Waals surface area contributed by atoms with E-state index in [1.54, 1.807) is 41.1 Å². The van der Waals surface area contributed by atoms with Crippen molar-refractivity contribution in [2.45, 2.75) is 18.2 Å². The molecule has 1 aliphatic heterocycles. The summed E-state index contributed by atoms with van der Waals surface area (Å²) in [6.45, 7) is 0.741. The van der Waals surface area contributed by atoms with E-state index >= 15 is 4.39 Å².